The summed E-state index contributed by atoms with van der Waals surface area (Å²) in [7, 11) is 0. The first kappa shape index (κ1) is 10.0. The summed E-state index contributed by atoms with van der Waals surface area (Å²) in [5, 5.41) is 8.41. The van der Waals surface area contributed by atoms with Crippen LogP contribution in [-0.2, 0) is 9.59 Å². The molecule has 0 bridgehead atoms. The van der Waals surface area contributed by atoms with Crippen LogP contribution >= 0.6 is 0 Å². The van der Waals surface area contributed by atoms with E-state index < -0.39 is 42.6 Å². The molecule has 0 saturated heterocycles. The molecule has 2 atom stereocenters. The summed E-state index contributed by atoms with van der Waals surface area (Å²) in [6, 6.07) is 0. The van der Waals surface area contributed by atoms with Gasteiger partial charge in [-0.05, 0) is 0 Å². The van der Waals surface area contributed by atoms with Crippen molar-refractivity contribution >= 4 is 11.8 Å². The molecule has 13 heavy (non-hydrogen) atoms. The molecule has 0 spiro atoms. The van der Waals surface area contributed by atoms with Crippen LogP contribution in [0.5, 0.6) is 0 Å². The first-order chi connectivity index (χ1) is 5.82. The molecule has 0 aromatic heterocycles. The van der Waals surface area contributed by atoms with Crippen molar-refractivity contribution in [3.05, 3.63) is 0 Å². The van der Waals surface area contributed by atoms with Crippen molar-refractivity contribution in [2.45, 2.75) is 19.0 Å². The molecule has 1 saturated carbocycles. The Morgan fingerprint density at radius 3 is 2.23 bits per heavy atom. The summed E-state index contributed by atoms with van der Waals surface area (Å²) < 4.78 is 36.4. The molecule has 0 aliphatic heterocycles. The molecule has 0 heterocycles. The van der Waals surface area contributed by atoms with Crippen molar-refractivity contribution < 1.29 is 27.9 Å². The van der Waals surface area contributed by atoms with Gasteiger partial charge in [0.05, 0.1) is 11.8 Å². The molecule has 74 valence electrons. The third-order valence-electron chi connectivity index (χ3n) is 2.12. The largest absolute Gasteiger partial charge is 0.481 e. The van der Waals surface area contributed by atoms with Gasteiger partial charge in [0.15, 0.2) is 0 Å². The van der Waals surface area contributed by atoms with Crippen LogP contribution in [0.3, 0.4) is 0 Å². The Hall–Kier alpha value is -1.07. The third-order valence-corrected chi connectivity index (χ3v) is 2.12. The van der Waals surface area contributed by atoms with E-state index in [0.717, 1.165) is 0 Å². The van der Waals surface area contributed by atoms with Gasteiger partial charge in [-0.15, -0.1) is 0 Å². The van der Waals surface area contributed by atoms with Gasteiger partial charge in [0, 0.05) is 12.8 Å². The number of carbonyl (C=O) groups is 2. The van der Waals surface area contributed by atoms with Crippen molar-refractivity contribution in [3.8, 4) is 0 Å². The zero-order valence-corrected chi connectivity index (χ0v) is 6.47. The number of carboxylic acid groups (broad SMARTS) is 1. The van der Waals surface area contributed by atoms with Crippen LogP contribution < -0.4 is 0 Å². The van der Waals surface area contributed by atoms with Gasteiger partial charge in [-0.1, -0.05) is 0 Å². The Morgan fingerprint density at radius 2 is 1.92 bits per heavy atom. The minimum atomic E-state index is -4.59. The highest BCUT2D eigenvalue weighted by Crippen LogP contribution is 2.41. The summed E-state index contributed by atoms with van der Waals surface area (Å²) in [6.45, 7) is 0. The lowest BCUT2D eigenvalue weighted by atomic mass is 9.96. The number of carboxylic acids is 1. The van der Waals surface area contributed by atoms with Crippen LogP contribution in [0.4, 0.5) is 13.2 Å². The summed E-state index contributed by atoms with van der Waals surface area (Å²) in [6.07, 6.45) is -5.78. The maximum absolute atomic E-state index is 12.1. The summed E-state index contributed by atoms with van der Waals surface area (Å²) >= 11 is 0. The Morgan fingerprint density at radius 1 is 1.38 bits per heavy atom. The van der Waals surface area contributed by atoms with Gasteiger partial charge in [-0.25, -0.2) is 0 Å². The minimum absolute atomic E-state index is 0.500. The Balaban J connectivity index is 2.84. The van der Waals surface area contributed by atoms with Gasteiger partial charge in [0.25, 0.3) is 0 Å². The third kappa shape index (κ3) is 1.99. The molecule has 0 amide bonds. The molecule has 1 aliphatic carbocycles. The number of alkyl halides is 3. The van der Waals surface area contributed by atoms with E-state index in [1.807, 2.05) is 0 Å². The van der Waals surface area contributed by atoms with E-state index in [2.05, 4.69) is 0 Å². The molecular weight excluding hydrogens is 189 g/mol. The Bertz CT molecular complexity index is 246. The number of carbonyl (C=O) groups excluding carboxylic acids is 1. The summed E-state index contributed by atoms with van der Waals surface area (Å²) in [5.41, 5.74) is 0. The quantitative estimate of drug-likeness (QED) is 0.686. The first-order valence-corrected chi connectivity index (χ1v) is 3.63. The van der Waals surface area contributed by atoms with Crippen molar-refractivity contribution in [1.29, 1.82) is 0 Å². The molecule has 0 radical (unpaired) electrons. The topological polar surface area (TPSA) is 54.4 Å². The van der Waals surface area contributed by atoms with Crippen LogP contribution in [0.2, 0.25) is 0 Å². The fourth-order valence-electron chi connectivity index (χ4n) is 1.46. The Kier molecular flexibility index (Phi) is 2.32. The summed E-state index contributed by atoms with van der Waals surface area (Å²) in [5.74, 6) is -5.77. The maximum atomic E-state index is 12.1. The van der Waals surface area contributed by atoms with E-state index in [1.165, 1.54) is 0 Å². The summed E-state index contributed by atoms with van der Waals surface area (Å²) in [4.78, 5) is 21.0. The highest BCUT2D eigenvalue weighted by molar-refractivity contribution is 5.88. The predicted octanol–water partition coefficient (Wildman–Crippen LogP) is 1.23. The minimum Gasteiger partial charge on any atom is -0.481 e. The molecule has 1 N–H and O–H groups in total. The van der Waals surface area contributed by atoms with Crippen molar-refractivity contribution in [2.24, 2.45) is 11.8 Å². The fourth-order valence-corrected chi connectivity index (χ4v) is 1.46. The van der Waals surface area contributed by atoms with E-state index in [-0.39, 0.29) is 0 Å². The van der Waals surface area contributed by atoms with E-state index >= 15 is 0 Å². The number of hydrogen-bond donors (Lipinski definition) is 1. The van der Waals surface area contributed by atoms with Crippen molar-refractivity contribution in [2.75, 3.05) is 0 Å². The maximum Gasteiger partial charge on any atom is 0.393 e. The number of rotatable bonds is 1. The second-order valence-electron chi connectivity index (χ2n) is 3.04. The molecular formula is C7H7F3O3. The highest BCUT2D eigenvalue weighted by Gasteiger charge is 2.52. The van der Waals surface area contributed by atoms with Crippen molar-refractivity contribution in [3.63, 3.8) is 0 Å². The lowest BCUT2D eigenvalue weighted by Gasteiger charge is -2.17. The lowest BCUT2D eigenvalue weighted by Crippen LogP contribution is -2.30. The van der Waals surface area contributed by atoms with Gasteiger partial charge >= 0.3 is 12.1 Å². The second kappa shape index (κ2) is 3.01. The van der Waals surface area contributed by atoms with Gasteiger partial charge in [0.1, 0.15) is 5.78 Å². The predicted molar refractivity (Wildman–Crippen MR) is 34.9 cm³/mol. The average Bonchev–Trinajstić information content (AvgIpc) is 2.29. The van der Waals surface area contributed by atoms with E-state index in [4.69, 9.17) is 5.11 Å². The van der Waals surface area contributed by atoms with Gasteiger partial charge < -0.3 is 5.11 Å². The van der Waals surface area contributed by atoms with Gasteiger partial charge in [-0.2, -0.15) is 13.2 Å². The molecule has 0 aromatic carbocycles. The number of halogens is 3. The zero-order valence-electron chi connectivity index (χ0n) is 6.47. The molecule has 0 aromatic rings. The fraction of sp³-hybridized carbons (Fsp3) is 0.714. The SMILES string of the molecule is O=C1CC(C(=O)O)C(C(F)(F)F)C1. The van der Waals surface area contributed by atoms with Gasteiger partial charge in [-0.3, -0.25) is 9.59 Å². The van der Waals surface area contributed by atoms with Crippen LogP contribution in [0.15, 0.2) is 0 Å². The van der Waals surface area contributed by atoms with Crippen LogP contribution in [0.25, 0.3) is 0 Å². The van der Waals surface area contributed by atoms with E-state index in [0.29, 0.717) is 0 Å². The molecule has 2 unspecified atom stereocenters. The van der Waals surface area contributed by atoms with Crippen LogP contribution in [-0.4, -0.2) is 23.0 Å². The second-order valence-corrected chi connectivity index (χ2v) is 3.04. The van der Waals surface area contributed by atoms with E-state index in [1.54, 1.807) is 0 Å². The zero-order chi connectivity index (χ0) is 10.2. The number of Topliss-reactive ketones (excluding diaryl/α,β-unsaturated/α-hetero) is 1. The number of aliphatic carboxylic acids is 1. The van der Waals surface area contributed by atoms with Crippen LogP contribution in [0, 0.1) is 11.8 Å². The lowest BCUT2D eigenvalue weighted by molar-refractivity contribution is -0.191. The first-order valence-electron chi connectivity index (χ1n) is 3.63. The normalized spacial score (nSPS) is 29.3. The molecule has 1 fully saturated rings. The molecule has 1 aliphatic rings. The smallest absolute Gasteiger partial charge is 0.393 e. The molecule has 3 nitrogen and oxygen atoms in total. The average molecular weight is 196 g/mol. The standard InChI is InChI=1S/C7H7F3O3/c8-7(9,10)5-2-3(11)1-4(5)6(12)13/h4-5H,1-2H2,(H,12,13). The molecule has 6 heteroatoms. The Labute approximate surface area is 71.5 Å². The highest BCUT2D eigenvalue weighted by atomic mass is 19.4. The van der Waals surface area contributed by atoms with E-state index in [9.17, 15) is 22.8 Å². The molecule has 1 rings (SSSR count). The number of hydrogen-bond acceptors (Lipinski definition) is 2. The monoisotopic (exact) mass is 196 g/mol. The van der Waals surface area contributed by atoms with Gasteiger partial charge in [0.2, 0.25) is 0 Å². The number of ketones is 1. The van der Waals surface area contributed by atoms with Crippen molar-refractivity contribution in [1.82, 2.24) is 0 Å². The van der Waals surface area contributed by atoms with Crippen LogP contribution in [0.1, 0.15) is 12.8 Å².